The van der Waals surface area contributed by atoms with Crippen molar-refractivity contribution in [2.75, 3.05) is 0 Å². The summed E-state index contributed by atoms with van der Waals surface area (Å²) in [5, 5.41) is 4.12. The van der Waals surface area contributed by atoms with Gasteiger partial charge >= 0.3 is 0 Å². The van der Waals surface area contributed by atoms with Crippen LogP contribution in [-0.4, -0.2) is 21.1 Å². The number of aromatic nitrogens is 2. The second-order valence-electron chi connectivity index (χ2n) is 4.04. The highest BCUT2D eigenvalue weighted by Crippen LogP contribution is 2.14. The number of ketones is 1. The molecule has 1 atom stereocenters. The van der Waals surface area contributed by atoms with E-state index in [0.717, 1.165) is 13.0 Å². The van der Waals surface area contributed by atoms with Gasteiger partial charge in [0.25, 0.3) is 0 Å². The highest BCUT2D eigenvalue weighted by Gasteiger charge is 2.29. The first-order valence-electron chi connectivity index (χ1n) is 5.38. The van der Waals surface area contributed by atoms with Gasteiger partial charge in [0.1, 0.15) is 5.69 Å². The van der Waals surface area contributed by atoms with Crippen molar-refractivity contribution in [2.45, 2.75) is 45.7 Å². The molecule has 84 valence electrons. The molecule has 4 nitrogen and oxygen atoms in total. The van der Waals surface area contributed by atoms with E-state index in [1.54, 1.807) is 23.9 Å². The zero-order chi connectivity index (χ0) is 11.5. The Morgan fingerprint density at radius 2 is 2.27 bits per heavy atom. The summed E-state index contributed by atoms with van der Waals surface area (Å²) in [7, 11) is 0. The molecule has 0 aliphatic carbocycles. The van der Waals surface area contributed by atoms with Crippen LogP contribution in [0, 0.1) is 0 Å². The third-order valence-corrected chi connectivity index (χ3v) is 2.64. The Bertz CT molecular complexity index is 341. The molecule has 0 radical (unpaired) electrons. The van der Waals surface area contributed by atoms with Crippen molar-refractivity contribution in [3.8, 4) is 0 Å². The zero-order valence-electron chi connectivity index (χ0n) is 9.66. The Morgan fingerprint density at radius 1 is 1.60 bits per heavy atom. The minimum Gasteiger partial charge on any atom is -0.319 e. The zero-order valence-corrected chi connectivity index (χ0v) is 9.66. The molecule has 0 bridgehead atoms. The number of carbonyl (C=O) groups excluding carboxylic acids is 1. The highest BCUT2D eigenvalue weighted by atomic mass is 16.1. The van der Waals surface area contributed by atoms with Crippen molar-refractivity contribution < 1.29 is 4.79 Å². The predicted octanol–water partition coefficient (Wildman–Crippen LogP) is 1.60. The third-order valence-electron chi connectivity index (χ3n) is 2.64. The van der Waals surface area contributed by atoms with Crippen molar-refractivity contribution in [3.63, 3.8) is 0 Å². The fourth-order valence-corrected chi connectivity index (χ4v) is 1.37. The van der Waals surface area contributed by atoms with Gasteiger partial charge in [-0.1, -0.05) is 13.8 Å². The molecule has 1 aromatic heterocycles. The van der Waals surface area contributed by atoms with Gasteiger partial charge in [0.2, 0.25) is 0 Å². The van der Waals surface area contributed by atoms with Crippen molar-refractivity contribution >= 4 is 5.78 Å². The Balaban J connectivity index is 2.96. The van der Waals surface area contributed by atoms with Gasteiger partial charge in [-0.05, 0) is 25.8 Å². The average Bonchev–Trinajstić information content (AvgIpc) is 2.65. The van der Waals surface area contributed by atoms with Crippen LogP contribution < -0.4 is 5.73 Å². The SMILES string of the molecule is CCCn1nccc1C(=O)C(C)(N)CC. The highest BCUT2D eigenvalue weighted by molar-refractivity contribution is 6.01. The number of Topliss-reactive ketones (excluding diaryl/α,β-unsaturated/α-hetero) is 1. The monoisotopic (exact) mass is 209 g/mol. The van der Waals surface area contributed by atoms with E-state index in [1.165, 1.54) is 0 Å². The summed E-state index contributed by atoms with van der Waals surface area (Å²) in [6.45, 7) is 6.49. The van der Waals surface area contributed by atoms with E-state index in [-0.39, 0.29) is 5.78 Å². The fraction of sp³-hybridized carbons (Fsp3) is 0.636. The van der Waals surface area contributed by atoms with Gasteiger partial charge in [0, 0.05) is 12.7 Å². The van der Waals surface area contributed by atoms with E-state index < -0.39 is 5.54 Å². The number of hydrogen-bond donors (Lipinski definition) is 1. The summed E-state index contributed by atoms with van der Waals surface area (Å²) in [5.41, 5.74) is 5.75. The molecule has 4 heteroatoms. The summed E-state index contributed by atoms with van der Waals surface area (Å²) in [5.74, 6) is -0.0315. The number of aryl methyl sites for hydroxylation is 1. The minimum absolute atomic E-state index is 0.0315. The maximum absolute atomic E-state index is 12.1. The van der Waals surface area contributed by atoms with E-state index in [0.29, 0.717) is 12.1 Å². The normalized spacial score (nSPS) is 14.9. The minimum atomic E-state index is -0.786. The molecule has 1 heterocycles. The number of carbonyl (C=O) groups is 1. The molecule has 2 N–H and O–H groups in total. The topological polar surface area (TPSA) is 60.9 Å². The smallest absolute Gasteiger partial charge is 0.200 e. The molecule has 0 saturated carbocycles. The molecular formula is C11H19N3O. The lowest BCUT2D eigenvalue weighted by Gasteiger charge is -2.21. The van der Waals surface area contributed by atoms with Crippen LogP contribution in [0.25, 0.3) is 0 Å². The Kier molecular flexibility index (Phi) is 3.63. The molecule has 0 aliphatic rings. The summed E-state index contributed by atoms with van der Waals surface area (Å²) in [6.07, 6.45) is 3.23. The van der Waals surface area contributed by atoms with Gasteiger partial charge in [-0.15, -0.1) is 0 Å². The van der Waals surface area contributed by atoms with Crippen LogP contribution in [0.4, 0.5) is 0 Å². The van der Waals surface area contributed by atoms with Crippen LogP contribution in [-0.2, 0) is 6.54 Å². The van der Waals surface area contributed by atoms with E-state index >= 15 is 0 Å². The molecule has 1 rings (SSSR count). The Morgan fingerprint density at radius 3 is 2.80 bits per heavy atom. The number of rotatable bonds is 5. The van der Waals surface area contributed by atoms with Crippen LogP contribution >= 0.6 is 0 Å². The molecule has 0 spiro atoms. The maximum atomic E-state index is 12.1. The van der Waals surface area contributed by atoms with Gasteiger partial charge < -0.3 is 5.73 Å². The second-order valence-corrected chi connectivity index (χ2v) is 4.04. The van der Waals surface area contributed by atoms with Gasteiger partial charge in [-0.2, -0.15) is 5.10 Å². The number of nitrogens with two attached hydrogens (primary N) is 1. The van der Waals surface area contributed by atoms with Crippen LogP contribution in [0.2, 0.25) is 0 Å². The van der Waals surface area contributed by atoms with Gasteiger partial charge in [0.05, 0.1) is 5.54 Å². The van der Waals surface area contributed by atoms with Crippen LogP contribution in [0.3, 0.4) is 0 Å². The maximum Gasteiger partial charge on any atom is 0.200 e. The molecular weight excluding hydrogens is 190 g/mol. The van der Waals surface area contributed by atoms with E-state index in [1.807, 2.05) is 6.92 Å². The molecule has 1 aromatic rings. The third kappa shape index (κ3) is 2.45. The van der Waals surface area contributed by atoms with Crippen molar-refractivity contribution in [1.29, 1.82) is 0 Å². The van der Waals surface area contributed by atoms with E-state index in [2.05, 4.69) is 12.0 Å². The van der Waals surface area contributed by atoms with E-state index in [9.17, 15) is 4.79 Å². The van der Waals surface area contributed by atoms with Crippen molar-refractivity contribution in [1.82, 2.24) is 9.78 Å². The van der Waals surface area contributed by atoms with Crippen LogP contribution in [0.5, 0.6) is 0 Å². The quantitative estimate of drug-likeness (QED) is 0.749. The van der Waals surface area contributed by atoms with Crippen molar-refractivity contribution in [2.24, 2.45) is 5.73 Å². The molecule has 0 amide bonds. The lowest BCUT2D eigenvalue weighted by molar-refractivity contribution is 0.0886. The largest absolute Gasteiger partial charge is 0.319 e. The second kappa shape index (κ2) is 4.57. The first-order valence-corrected chi connectivity index (χ1v) is 5.38. The molecule has 0 saturated heterocycles. The molecule has 15 heavy (non-hydrogen) atoms. The van der Waals surface area contributed by atoms with Gasteiger partial charge in [0.15, 0.2) is 5.78 Å². The van der Waals surface area contributed by atoms with E-state index in [4.69, 9.17) is 5.73 Å². The summed E-state index contributed by atoms with van der Waals surface area (Å²) in [4.78, 5) is 12.1. The molecule has 0 aliphatic heterocycles. The van der Waals surface area contributed by atoms with Crippen LogP contribution in [0.15, 0.2) is 12.3 Å². The Labute approximate surface area is 90.5 Å². The molecule has 0 fully saturated rings. The van der Waals surface area contributed by atoms with Crippen LogP contribution in [0.1, 0.15) is 44.1 Å². The lowest BCUT2D eigenvalue weighted by atomic mass is 9.92. The van der Waals surface area contributed by atoms with Gasteiger partial charge in [-0.3, -0.25) is 9.48 Å². The van der Waals surface area contributed by atoms with Gasteiger partial charge in [-0.25, -0.2) is 0 Å². The summed E-state index contributed by atoms with van der Waals surface area (Å²) in [6, 6.07) is 1.73. The molecule has 0 aromatic carbocycles. The first-order chi connectivity index (χ1) is 7.03. The van der Waals surface area contributed by atoms with Crippen molar-refractivity contribution in [3.05, 3.63) is 18.0 Å². The molecule has 1 unspecified atom stereocenters. The fourth-order valence-electron chi connectivity index (χ4n) is 1.37. The standard InChI is InChI=1S/C11H19N3O/c1-4-8-14-9(6-7-13-14)10(15)11(3,12)5-2/h6-7H,4-5,8,12H2,1-3H3. The predicted molar refractivity (Wildman–Crippen MR) is 59.7 cm³/mol. The summed E-state index contributed by atoms with van der Waals surface area (Å²) < 4.78 is 1.73. The summed E-state index contributed by atoms with van der Waals surface area (Å²) >= 11 is 0. The number of hydrogen-bond acceptors (Lipinski definition) is 3. The average molecular weight is 209 g/mol. The number of nitrogens with zero attached hydrogens (tertiary/aromatic N) is 2. The lowest BCUT2D eigenvalue weighted by Crippen LogP contribution is -2.45. The first kappa shape index (κ1) is 11.9. The Hall–Kier alpha value is -1.16.